The molecule has 0 saturated carbocycles. The van der Waals surface area contributed by atoms with Crippen molar-refractivity contribution < 1.29 is 18.7 Å². The van der Waals surface area contributed by atoms with Crippen molar-refractivity contribution in [3.8, 4) is 22.6 Å². The van der Waals surface area contributed by atoms with E-state index in [0.717, 1.165) is 21.9 Å². The van der Waals surface area contributed by atoms with Crippen LogP contribution in [-0.2, 0) is 9.09 Å². The quantitative estimate of drug-likeness (QED) is 0.647. The summed E-state index contributed by atoms with van der Waals surface area (Å²) in [6, 6.07) is 19.2. The summed E-state index contributed by atoms with van der Waals surface area (Å²) in [4.78, 5) is 0. The van der Waals surface area contributed by atoms with E-state index in [-0.39, 0.29) is 18.1 Å². The third kappa shape index (κ3) is 3.50. The van der Waals surface area contributed by atoms with Gasteiger partial charge in [-0.2, -0.15) is 0 Å². The third-order valence-corrected chi connectivity index (χ3v) is 4.26. The Morgan fingerprint density at radius 1 is 0.957 bits per heavy atom. The molecule has 116 valence electrons. The van der Waals surface area contributed by atoms with Gasteiger partial charge in [-0.05, 0) is 47.0 Å². The lowest BCUT2D eigenvalue weighted by Crippen LogP contribution is -1.87. The van der Waals surface area contributed by atoms with Gasteiger partial charge in [0.25, 0.3) is 0 Å². The van der Waals surface area contributed by atoms with E-state index in [1.165, 1.54) is 0 Å². The first-order chi connectivity index (χ1) is 11.2. The van der Waals surface area contributed by atoms with Crippen molar-refractivity contribution in [2.24, 2.45) is 0 Å². The van der Waals surface area contributed by atoms with Gasteiger partial charge in [-0.3, -0.25) is 0 Å². The number of phenolic OH excluding ortho intramolecular Hbond substituents is 1. The summed E-state index contributed by atoms with van der Waals surface area (Å²) < 4.78 is 21.4. The van der Waals surface area contributed by atoms with Gasteiger partial charge in [0.2, 0.25) is 5.75 Å². The first kappa shape index (κ1) is 15.5. The van der Waals surface area contributed by atoms with Crippen LogP contribution >= 0.6 is 8.25 Å². The summed E-state index contributed by atoms with van der Waals surface area (Å²) in [5.74, 6) is 0.0720. The van der Waals surface area contributed by atoms with Gasteiger partial charge in [0.05, 0.1) is 0 Å². The Morgan fingerprint density at radius 3 is 2.39 bits per heavy atom. The zero-order valence-electron chi connectivity index (χ0n) is 12.6. The van der Waals surface area contributed by atoms with E-state index in [2.05, 4.69) is 12.1 Å². The minimum Gasteiger partial charge on any atom is -0.504 e. The molecule has 1 N–H and O–H groups in total. The van der Waals surface area contributed by atoms with Gasteiger partial charge in [0.15, 0.2) is 5.75 Å². The molecule has 0 saturated heterocycles. The second-order valence-electron chi connectivity index (χ2n) is 4.98. The Hall–Kier alpha value is -2.42. The van der Waals surface area contributed by atoms with Crippen molar-refractivity contribution in [3.05, 3.63) is 60.7 Å². The fraction of sp³-hybridized carbons (Fsp3) is 0.111. The predicted octanol–water partition coefficient (Wildman–Crippen LogP) is 5.29. The molecule has 3 aromatic carbocycles. The Morgan fingerprint density at radius 2 is 1.65 bits per heavy atom. The Kier molecular flexibility index (Phi) is 4.56. The number of hydrogen-bond acceptors (Lipinski definition) is 4. The number of rotatable bonds is 5. The van der Waals surface area contributed by atoms with Crippen LogP contribution in [-0.4, -0.2) is 11.7 Å². The zero-order valence-corrected chi connectivity index (χ0v) is 13.5. The molecule has 0 aliphatic heterocycles. The topological polar surface area (TPSA) is 55.8 Å². The fourth-order valence-electron chi connectivity index (χ4n) is 2.36. The van der Waals surface area contributed by atoms with Crippen LogP contribution in [0.1, 0.15) is 6.92 Å². The maximum atomic E-state index is 11.5. The Labute approximate surface area is 135 Å². The minimum absolute atomic E-state index is 0.0706. The van der Waals surface area contributed by atoms with E-state index >= 15 is 0 Å². The minimum atomic E-state index is -2.27. The van der Waals surface area contributed by atoms with Gasteiger partial charge in [0, 0.05) is 4.57 Å². The molecule has 0 heterocycles. The highest BCUT2D eigenvalue weighted by molar-refractivity contribution is 7.33. The largest absolute Gasteiger partial charge is 0.750 e. The van der Waals surface area contributed by atoms with Crippen molar-refractivity contribution in [2.75, 3.05) is 6.61 Å². The van der Waals surface area contributed by atoms with Gasteiger partial charge in [0.1, 0.15) is 6.61 Å². The molecule has 0 aliphatic carbocycles. The maximum Gasteiger partial charge on any atom is 0.750 e. The highest BCUT2D eigenvalue weighted by Gasteiger charge is 2.23. The number of phenols is 1. The SMILES string of the molecule is CCO[P+](=O)Oc1ccc(-c2ccc3ccccc3c2)cc1O. The Balaban J connectivity index is 1.90. The molecule has 3 aromatic rings. The van der Waals surface area contributed by atoms with E-state index in [9.17, 15) is 9.67 Å². The molecule has 4 nitrogen and oxygen atoms in total. The highest BCUT2D eigenvalue weighted by atomic mass is 31.1. The predicted molar refractivity (Wildman–Crippen MR) is 90.9 cm³/mol. The number of hydrogen-bond donors (Lipinski definition) is 1. The first-order valence-electron chi connectivity index (χ1n) is 7.27. The van der Waals surface area contributed by atoms with Crippen molar-refractivity contribution in [3.63, 3.8) is 0 Å². The molecule has 0 amide bonds. The van der Waals surface area contributed by atoms with Crippen molar-refractivity contribution in [1.29, 1.82) is 0 Å². The van der Waals surface area contributed by atoms with Crippen molar-refractivity contribution in [2.45, 2.75) is 6.92 Å². The molecule has 1 atom stereocenters. The van der Waals surface area contributed by atoms with E-state index < -0.39 is 8.25 Å². The number of fused-ring (bicyclic) bond motifs is 1. The van der Waals surface area contributed by atoms with E-state index in [0.29, 0.717) is 0 Å². The highest BCUT2D eigenvalue weighted by Crippen LogP contribution is 2.37. The molecule has 1 unspecified atom stereocenters. The molecule has 0 fully saturated rings. The van der Waals surface area contributed by atoms with Gasteiger partial charge < -0.3 is 5.11 Å². The molecule has 0 spiro atoms. The van der Waals surface area contributed by atoms with Crippen LogP contribution in [0.25, 0.3) is 21.9 Å². The molecule has 23 heavy (non-hydrogen) atoms. The number of aromatic hydroxyl groups is 1. The fourth-order valence-corrected chi connectivity index (χ4v) is 2.93. The molecule has 0 radical (unpaired) electrons. The van der Waals surface area contributed by atoms with Crippen LogP contribution in [0.3, 0.4) is 0 Å². The van der Waals surface area contributed by atoms with Crippen LogP contribution in [0.4, 0.5) is 0 Å². The lowest BCUT2D eigenvalue weighted by Gasteiger charge is -2.06. The second kappa shape index (κ2) is 6.78. The Bertz CT molecular complexity index is 861. The molecule has 0 aliphatic rings. The molecule has 3 rings (SSSR count). The first-order valence-corrected chi connectivity index (χ1v) is 8.37. The van der Waals surface area contributed by atoms with Gasteiger partial charge >= 0.3 is 8.25 Å². The number of benzene rings is 3. The normalized spacial score (nSPS) is 11.4. The van der Waals surface area contributed by atoms with E-state index in [1.807, 2.05) is 36.4 Å². The van der Waals surface area contributed by atoms with E-state index in [1.54, 1.807) is 19.1 Å². The van der Waals surface area contributed by atoms with Gasteiger partial charge in [-0.1, -0.05) is 42.5 Å². The molecule has 5 heteroatoms. The van der Waals surface area contributed by atoms with Crippen LogP contribution in [0.2, 0.25) is 0 Å². The van der Waals surface area contributed by atoms with Crippen molar-refractivity contribution >= 4 is 19.0 Å². The summed E-state index contributed by atoms with van der Waals surface area (Å²) in [7, 11) is -2.27. The zero-order chi connectivity index (χ0) is 16.2. The second-order valence-corrected chi connectivity index (χ2v) is 5.87. The van der Waals surface area contributed by atoms with Gasteiger partial charge in [-0.25, -0.2) is 4.52 Å². The van der Waals surface area contributed by atoms with Crippen LogP contribution < -0.4 is 4.52 Å². The summed E-state index contributed by atoms with van der Waals surface area (Å²) in [5.41, 5.74) is 1.84. The molecular formula is C18H16O4P+. The van der Waals surface area contributed by atoms with Crippen LogP contribution in [0, 0.1) is 0 Å². The van der Waals surface area contributed by atoms with Crippen molar-refractivity contribution in [1.82, 2.24) is 0 Å². The lowest BCUT2D eigenvalue weighted by molar-refractivity contribution is 0.298. The molecule has 0 aromatic heterocycles. The van der Waals surface area contributed by atoms with Crippen LogP contribution in [0.5, 0.6) is 11.5 Å². The van der Waals surface area contributed by atoms with Crippen LogP contribution in [0.15, 0.2) is 60.7 Å². The third-order valence-electron chi connectivity index (χ3n) is 3.45. The molecule has 0 bridgehead atoms. The summed E-state index contributed by atoms with van der Waals surface area (Å²) >= 11 is 0. The van der Waals surface area contributed by atoms with E-state index in [4.69, 9.17) is 9.05 Å². The van der Waals surface area contributed by atoms with Gasteiger partial charge in [-0.15, -0.1) is 4.52 Å². The standard InChI is InChI=1S/C18H15O4P/c1-2-21-23(20)22-18-10-9-16(12-17(18)19)15-8-7-13-5-3-4-6-14(13)11-15/h3-12H,2H2,1H3/p+1. The average Bonchev–Trinajstić information content (AvgIpc) is 2.56. The average molecular weight is 327 g/mol. The molecular weight excluding hydrogens is 311 g/mol. The summed E-state index contributed by atoms with van der Waals surface area (Å²) in [5, 5.41) is 12.4. The lowest BCUT2D eigenvalue weighted by atomic mass is 10.0. The monoisotopic (exact) mass is 327 g/mol. The summed E-state index contributed by atoms with van der Waals surface area (Å²) in [6.45, 7) is 2.00. The smallest absolute Gasteiger partial charge is 0.504 e. The maximum absolute atomic E-state index is 11.5. The summed E-state index contributed by atoms with van der Waals surface area (Å²) in [6.07, 6.45) is 0.